The molecule has 18 atom stereocenters. The zero-order chi connectivity index (χ0) is 40.1. The number of nitrogens with one attached hydrogen (secondary N) is 1. The SMILES string of the molecule is CC[C@@H](O)[C@@](C)(O)[C@H](O)[C@@H](C)NC(=O)[C@H](C)[C@@H](O[C@H]1C[C@@](C)(OC)[C@@H](O)[C@H](C)O1)[C@H](C)[C@@H](O[C@@H]1O[C@H](C)C[C@H](N(C)C)[C@H]1O)[C@](C)(O)C[C@@H](C)CO. The summed E-state index contributed by atoms with van der Waals surface area (Å²) in [6, 6.07) is -1.31. The topological polar surface area (TPSA) is 220 Å². The molecule has 2 aliphatic heterocycles. The summed E-state index contributed by atoms with van der Waals surface area (Å²) in [5.74, 6) is -2.75. The quantitative estimate of drug-likeness (QED) is 0.0902. The highest BCUT2D eigenvalue weighted by molar-refractivity contribution is 5.79. The first-order valence-electron chi connectivity index (χ1n) is 18.8. The van der Waals surface area contributed by atoms with Gasteiger partial charge in [-0.05, 0) is 80.8 Å². The molecule has 2 fully saturated rings. The van der Waals surface area contributed by atoms with Crippen molar-refractivity contribution in [3.8, 4) is 0 Å². The molecule has 0 unspecified atom stereocenters. The number of rotatable bonds is 19. The van der Waals surface area contributed by atoms with Crippen LogP contribution in [0.4, 0.5) is 0 Å². The van der Waals surface area contributed by atoms with Crippen LogP contribution >= 0.6 is 0 Å². The highest BCUT2D eigenvalue weighted by Gasteiger charge is 2.51. The molecule has 15 heteroatoms. The Hall–Kier alpha value is -1.05. The summed E-state index contributed by atoms with van der Waals surface area (Å²) in [7, 11) is 5.18. The maximum Gasteiger partial charge on any atom is 0.225 e. The van der Waals surface area contributed by atoms with Crippen LogP contribution < -0.4 is 5.32 Å². The fourth-order valence-electron chi connectivity index (χ4n) is 7.86. The van der Waals surface area contributed by atoms with Crippen LogP contribution in [0.2, 0.25) is 0 Å². The normalized spacial score (nSPS) is 35.7. The molecule has 52 heavy (non-hydrogen) atoms. The van der Waals surface area contributed by atoms with E-state index in [1.165, 1.54) is 21.0 Å². The highest BCUT2D eigenvalue weighted by atomic mass is 16.7. The fraction of sp³-hybridized carbons (Fsp3) is 0.973. The van der Waals surface area contributed by atoms with Crippen molar-refractivity contribution in [3.63, 3.8) is 0 Å². The van der Waals surface area contributed by atoms with Gasteiger partial charge >= 0.3 is 0 Å². The van der Waals surface area contributed by atoms with Gasteiger partial charge in [0, 0.05) is 32.1 Å². The summed E-state index contributed by atoms with van der Waals surface area (Å²) in [6.07, 6.45) is -9.30. The monoisotopic (exact) mass is 753 g/mol. The van der Waals surface area contributed by atoms with Gasteiger partial charge in [-0.25, -0.2) is 0 Å². The number of hydrogen-bond acceptors (Lipinski definition) is 14. The molecule has 308 valence electrons. The lowest BCUT2D eigenvalue weighted by Crippen LogP contribution is -2.61. The van der Waals surface area contributed by atoms with Gasteiger partial charge in [0.1, 0.15) is 23.9 Å². The predicted octanol–water partition coefficient (Wildman–Crippen LogP) is 0.513. The zero-order valence-electron chi connectivity index (χ0n) is 33.7. The zero-order valence-corrected chi connectivity index (χ0v) is 33.7. The van der Waals surface area contributed by atoms with Gasteiger partial charge in [-0.1, -0.05) is 27.7 Å². The number of aliphatic hydroxyl groups excluding tert-OH is 5. The Morgan fingerprint density at radius 3 is 2.17 bits per heavy atom. The third-order valence-corrected chi connectivity index (χ3v) is 11.4. The average molecular weight is 753 g/mol. The van der Waals surface area contributed by atoms with Crippen molar-refractivity contribution in [1.82, 2.24) is 10.2 Å². The van der Waals surface area contributed by atoms with Crippen LogP contribution in [-0.4, -0.2) is 165 Å². The van der Waals surface area contributed by atoms with Crippen molar-refractivity contribution in [1.29, 1.82) is 0 Å². The molecule has 2 heterocycles. The number of ether oxygens (including phenoxy) is 5. The van der Waals surface area contributed by atoms with Crippen molar-refractivity contribution in [2.75, 3.05) is 27.8 Å². The van der Waals surface area contributed by atoms with E-state index in [0.29, 0.717) is 6.42 Å². The van der Waals surface area contributed by atoms with Crippen LogP contribution in [0.5, 0.6) is 0 Å². The van der Waals surface area contributed by atoms with E-state index in [0.717, 1.165) is 0 Å². The molecule has 0 aromatic carbocycles. The summed E-state index contributed by atoms with van der Waals surface area (Å²) in [6.45, 7) is 16.3. The van der Waals surface area contributed by atoms with Gasteiger partial charge in [-0.15, -0.1) is 0 Å². The molecule has 2 saturated heterocycles. The summed E-state index contributed by atoms with van der Waals surface area (Å²) in [5, 5.41) is 79.4. The number of amides is 1. The van der Waals surface area contributed by atoms with E-state index < -0.39 is 95.9 Å². The number of aliphatic hydroxyl groups is 7. The Bertz CT molecular complexity index is 1100. The lowest BCUT2D eigenvalue weighted by atomic mass is 9.77. The number of carbonyl (C=O) groups is 1. The third-order valence-electron chi connectivity index (χ3n) is 11.4. The summed E-state index contributed by atoms with van der Waals surface area (Å²) >= 11 is 0. The van der Waals surface area contributed by atoms with Crippen LogP contribution in [0.25, 0.3) is 0 Å². The van der Waals surface area contributed by atoms with Gasteiger partial charge in [0.2, 0.25) is 5.91 Å². The molecular weight excluding hydrogens is 680 g/mol. The molecule has 0 aromatic heterocycles. The first kappa shape index (κ1) is 47.1. The van der Waals surface area contributed by atoms with Gasteiger partial charge in [0.15, 0.2) is 12.6 Å². The molecule has 8 N–H and O–H groups in total. The molecule has 0 aliphatic carbocycles. The fourth-order valence-corrected chi connectivity index (χ4v) is 7.86. The second-order valence-corrected chi connectivity index (χ2v) is 16.6. The smallest absolute Gasteiger partial charge is 0.225 e. The number of likely N-dealkylation sites (N-methyl/N-ethyl adjacent to an activating group) is 1. The molecule has 0 saturated carbocycles. The summed E-state index contributed by atoms with van der Waals surface area (Å²) in [5.41, 5.74) is -4.62. The van der Waals surface area contributed by atoms with Gasteiger partial charge in [0.05, 0.1) is 53.7 Å². The standard InChI is InChI=1S/C37H72N2O13/c1-14-26(41)37(10,47)30(43)23(6)38-33(45)22(5)29(51-27-17-36(9,48-13)31(44)24(7)50-27)21(4)32(35(8,46)16-19(2)18-40)52-34-28(42)25(39(11)12)15-20(3)49-34/h19-32,34,40-44,46-47H,14-18H2,1-13H3,(H,38,45)/t19-,20-,21+,22-,23-,24+,25+,26-,27+,28-,29+,30-,31+,32-,34+,35-,36-,37-/m1/s1. The number of nitrogens with zero attached hydrogens (tertiary/aromatic N) is 1. The predicted molar refractivity (Wildman–Crippen MR) is 193 cm³/mol. The van der Waals surface area contributed by atoms with Crippen molar-refractivity contribution in [2.45, 2.75) is 185 Å². The van der Waals surface area contributed by atoms with Crippen molar-refractivity contribution < 1.29 is 64.2 Å². The molecule has 15 nitrogen and oxygen atoms in total. The minimum absolute atomic E-state index is 0.0875. The Labute approximate surface area is 310 Å². The molecule has 0 aromatic rings. The molecule has 2 rings (SSSR count). The third kappa shape index (κ3) is 11.3. The number of methoxy groups -OCH3 is 1. The molecule has 0 radical (unpaired) electrons. The highest BCUT2D eigenvalue weighted by Crippen LogP contribution is 2.39. The van der Waals surface area contributed by atoms with E-state index in [1.807, 2.05) is 25.9 Å². The van der Waals surface area contributed by atoms with Crippen LogP contribution in [0, 0.1) is 17.8 Å². The molecule has 2 aliphatic rings. The van der Waals surface area contributed by atoms with E-state index in [2.05, 4.69) is 5.32 Å². The maximum absolute atomic E-state index is 14.1. The number of carbonyl (C=O) groups excluding carboxylic acids is 1. The molecule has 1 amide bonds. The Kier molecular flexibility index (Phi) is 17.4. The minimum Gasteiger partial charge on any atom is -0.396 e. The van der Waals surface area contributed by atoms with Gasteiger partial charge < -0.3 is 69.6 Å². The lowest BCUT2D eigenvalue weighted by Gasteiger charge is -2.48. The van der Waals surface area contributed by atoms with Crippen molar-refractivity contribution >= 4 is 5.91 Å². The first-order chi connectivity index (χ1) is 23.9. The maximum atomic E-state index is 14.1. The van der Waals surface area contributed by atoms with Crippen molar-refractivity contribution in [3.05, 3.63) is 0 Å². The van der Waals surface area contributed by atoms with Gasteiger partial charge in [0.25, 0.3) is 0 Å². The molecular formula is C37H72N2O13. The number of hydrogen-bond donors (Lipinski definition) is 8. The molecule has 0 spiro atoms. The lowest BCUT2D eigenvalue weighted by molar-refractivity contribution is -0.317. The van der Waals surface area contributed by atoms with Crippen LogP contribution in [-0.2, 0) is 28.5 Å². The van der Waals surface area contributed by atoms with Crippen LogP contribution in [0.1, 0.15) is 94.9 Å². The Balaban J connectivity index is 2.61. The Morgan fingerprint density at radius 2 is 1.65 bits per heavy atom. The minimum atomic E-state index is -1.92. The largest absolute Gasteiger partial charge is 0.396 e. The van der Waals surface area contributed by atoms with Gasteiger partial charge in [-0.3, -0.25) is 4.79 Å². The van der Waals surface area contributed by atoms with Gasteiger partial charge in [-0.2, -0.15) is 0 Å². The van der Waals surface area contributed by atoms with E-state index in [1.54, 1.807) is 48.5 Å². The second-order valence-electron chi connectivity index (χ2n) is 16.6. The second kappa shape index (κ2) is 19.2. The van der Waals surface area contributed by atoms with Crippen LogP contribution in [0.3, 0.4) is 0 Å². The van der Waals surface area contributed by atoms with E-state index >= 15 is 0 Å². The average Bonchev–Trinajstić information content (AvgIpc) is 3.07. The first-order valence-corrected chi connectivity index (χ1v) is 18.8. The van der Waals surface area contributed by atoms with Crippen molar-refractivity contribution in [2.24, 2.45) is 17.8 Å². The van der Waals surface area contributed by atoms with E-state index in [9.17, 15) is 40.5 Å². The summed E-state index contributed by atoms with van der Waals surface area (Å²) in [4.78, 5) is 15.9. The molecule has 0 bridgehead atoms. The Morgan fingerprint density at radius 1 is 1.06 bits per heavy atom. The van der Waals surface area contributed by atoms with E-state index in [4.69, 9.17) is 23.7 Å². The van der Waals surface area contributed by atoms with Crippen LogP contribution in [0.15, 0.2) is 0 Å². The summed E-state index contributed by atoms with van der Waals surface area (Å²) < 4.78 is 31.1. The van der Waals surface area contributed by atoms with E-state index in [-0.39, 0.29) is 43.9 Å².